The van der Waals surface area contributed by atoms with E-state index in [1.165, 1.54) is 0 Å². The molecule has 4 nitrogen and oxygen atoms in total. The fourth-order valence-corrected chi connectivity index (χ4v) is 2.08. The Morgan fingerprint density at radius 3 is 2.26 bits per heavy atom. The zero-order valence-electron chi connectivity index (χ0n) is 11.7. The highest BCUT2D eigenvalue weighted by Crippen LogP contribution is 2.28. The number of aliphatic hydroxyl groups excluding tert-OH is 1. The quantitative estimate of drug-likeness (QED) is 0.735. The summed E-state index contributed by atoms with van der Waals surface area (Å²) in [5, 5.41) is 9.02. The van der Waals surface area contributed by atoms with Crippen LogP contribution in [0.3, 0.4) is 0 Å². The average Bonchev–Trinajstić information content (AvgIpc) is 2.45. The third kappa shape index (κ3) is 3.78. The largest absolute Gasteiger partial charge is 0.466 e. The van der Waals surface area contributed by atoms with Crippen molar-refractivity contribution in [3.8, 4) is 0 Å². The molecule has 4 heteroatoms. The fraction of sp³-hybridized carbons (Fsp3) is 0.533. The molecule has 1 unspecified atom stereocenters. The van der Waals surface area contributed by atoms with E-state index < -0.39 is 5.41 Å². The van der Waals surface area contributed by atoms with Crippen LogP contribution in [0.5, 0.6) is 0 Å². The van der Waals surface area contributed by atoms with E-state index in [-0.39, 0.29) is 19.1 Å². The fourth-order valence-electron chi connectivity index (χ4n) is 2.08. The van der Waals surface area contributed by atoms with Crippen LogP contribution in [0, 0.1) is 5.41 Å². The lowest BCUT2D eigenvalue weighted by atomic mass is 9.79. The van der Waals surface area contributed by atoms with Gasteiger partial charge in [0.1, 0.15) is 0 Å². The summed E-state index contributed by atoms with van der Waals surface area (Å²) in [5.74, 6) is -0.230. The van der Waals surface area contributed by atoms with E-state index in [9.17, 15) is 4.79 Å². The molecule has 1 atom stereocenters. The standard InChI is InChI=1S/C15H23NO3/c1-3-15(11-16,14(18)19-4-2)9-12-5-7-13(10-17)8-6-12/h5-8,17H,3-4,9-11,16H2,1-2H3. The molecule has 1 aromatic rings. The van der Waals surface area contributed by atoms with Gasteiger partial charge in [0.15, 0.2) is 0 Å². The molecule has 0 saturated carbocycles. The molecule has 0 aliphatic carbocycles. The van der Waals surface area contributed by atoms with Gasteiger partial charge in [-0.3, -0.25) is 4.79 Å². The number of hydrogen-bond donors (Lipinski definition) is 2. The van der Waals surface area contributed by atoms with Crippen LogP contribution in [-0.4, -0.2) is 24.2 Å². The van der Waals surface area contributed by atoms with Crippen molar-refractivity contribution in [3.63, 3.8) is 0 Å². The number of ether oxygens (including phenoxy) is 1. The molecule has 0 heterocycles. The van der Waals surface area contributed by atoms with E-state index in [0.29, 0.717) is 19.4 Å². The Labute approximate surface area is 114 Å². The van der Waals surface area contributed by atoms with Crippen LogP contribution in [0.1, 0.15) is 31.4 Å². The van der Waals surface area contributed by atoms with Crippen molar-refractivity contribution in [2.45, 2.75) is 33.3 Å². The molecule has 0 aliphatic heterocycles. The molecule has 0 aliphatic rings. The van der Waals surface area contributed by atoms with Gasteiger partial charge in [-0.1, -0.05) is 31.2 Å². The van der Waals surface area contributed by atoms with E-state index in [1.54, 1.807) is 6.92 Å². The number of hydrogen-bond acceptors (Lipinski definition) is 4. The molecule has 0 bridgehead atoms. The first kappa shape index (κ1) is 15.7. The second-order valence-electron chi connectivity index (χ2n) is 4.71. The number of rotatable bonds is 7. The molecule has 1 aromatic carbocycles. The van der Waals surface area contributed by atoms with Crippen molar-refractivity contribution in [2.75, 3.05) is 13.2 Å². The molecular weight excluding hydrogens is 242 g/mol. The summed E-state index contributed by atoms with van der Waals surface area (Å²) in [5.41, 5.74) is 7.04. The topological polar surface area (TPSA) is 72.5 Å². The molecule has 0 aromatic heterocycles. The lowest BCUT2D eigenvalue weighted by molar-refractivity contribution is -0.155. The first-order valence-electron chi connectivity index (χ1n) is 6.67. The van der Waals surface area contributed by atoms with Gasteiger partial charge >= 0.3 is 5.97 Å². The molecule has 0 saturated heterocycles. The summed E-state index contributed by atoms with van der Waals surface area (Å²) < 4.78 is 5.15. The van der Waals surface area contributed by atoms with Crippen LogP contribution < -0.4 is 5.73 Å². The molecular formula is C15H23NO3. The van der Waals surface area contributed by atoms with Crippen LogP contribution >= 0.6 is 0 Å². The van der Waals surface area contributed by atoms with Crippen LogP contribution in [0.15, 0.2) is 24.3 Å². The maximum Gasteiger partial charge on any atom is 0.313 e. The highest BCUT2D eigenvalue weighted by atomic mass is 16.5. The van der Waals surface area contributed by atoms with Crippen molar-refractivity contribution in [1.29, 1.82) is 0 Å². The first-order valence-corrected chi connectivity index (χ1v) is 6.67. The first-order chi connectivity index (χ1) is 9.11. The number of nitrogens with two attached hydrogens (primary N) is 1. The molecule has 0 amide bonds. The highest BCUT2D eigenvalue weighted by molar-refractivity contribution is 5.77. The lowest BCUT2D eigenvalue weighted by Crippen LogP contribution is -2.41. The van der Waals surface area contributed by atoms with E-state index >= 15 is 0 Å². The monoisotopic (exact) mass is 265 g/mol. The van der Waals surface area contributed by atoms with Crippen molar-refractivity contribution in [2.24, 2.45) is 11.1 Å². The van der Waals surface area contributed by atoms with Crippen LogP contribution in [0.4, 0.5) is 0 Å². The second-order valence-corrected chi connectivity index (χ2v) is 4.71. The molecule has 19 heavy (non-hydrogen) atoms. The average molecular weight is 265 g/mol. The third-order valence-electron chi connectivity index (χ3n) is 3.52. The van der Waals surface area contributed by atoms with Gasteiger partial charge in [0.05, 0.1) is 18.6 Å². The number of carbonyl (C=O) groups is 1. The Hall–Kier alpha value is -1.39. The lowest BCUT2D eigenvalue weighted by Gasteiger charge is -2.29. The van der Waals surface area contributed by atoms with Crippen LogP contribution in [0.25, 0.3) is 0 Å². The minimum Gasteiger partial charge on any atom is -0.466 e. The van der Waals surface area contributed by atoms with Crippen LogP contribution in [0.2, 0.25) is 0 Å². The van der Waals surface area contributed by atoms with Gasteiger partial charge in [0.25, 0.3) is 0 Å². The summed E-state index contributed by atoms with van der Waals surface area (Å²) in [4.78, 5) is 12.1. The normalized spacial score (nSPS) is 13.9. The van der Waals surface area contributed by atoms with Crippen molar-refractivity contribution >= 4 is 5.97 Å². The molecule has 0 fully saturated rings. The zero-order valence-corrected chi connectivity index (χ0v) is 11.7. The number of aliphatic hydroxyl groups is 1. The summed E-state index contributed by atoms with van der Waals surface area (Å²) >= 11 is 0. The van der Waals surface area contributed by atoms with Gasteiger partial charge in [-0.05, 0) is 30.9 Å². The van der Waals surface area contributed by atoms with Gasteiger partial charge in [-0.2, -0.15) is 0 Å². The summed E-state index contributed by atoms with van der Waals surface area (Å²) in [6.07, 6.45) is 1.20. The number of benzene rings is 1. The molecule has 106 valence electrons. The second kappa shape index (κ2) is 7.26. The minimum absolute atomic E-state index is 0.0218. The molecule has 1 rings (SSSR count). The summed E-state index contributed by atoms with van der Waals surface area (Å²) in [6, 6.07) is 7.56. The maximum absolute atomic E-state index is 12.1. The van der Waals surface area contributed by atoms with E-state index in [4.69, 9.17) is 15.6 Å². The predicted octanol–water partition coefficient (Wildman–Crippen LogP) is 1.64. The Bertz CT molecular complexity index is 396. The van der Waals surface area contributed by atoms with Gasteiger partial charge in [-0.25, -0.2) is 0 Å². The van der Waals surface area contributed by atoms with Crippen molar-refractivity contribution in [3.05, 3.63) is 35.4 Å². The maximum atomic E-state index is 12.1. The highest BCUT2D eigenvalue weighted by Gasteiger charge is 2.36. The smallest absolute Gasteiger partial charge is 0.313 e. The number of carbonyl (C=O) groups excluding carboxylic acids is 1. The third-order valence-corrected chi connectivity index (χ3v) is 3.52. The zero-order chi connectivity index (χ0) is 14.3. The molecule has 0 spiro atoms. The van der Waals surface area contributed by atoms with Crippen LogP contribution in [-0.2, 0) is 22.6 Å². The van der Waals surface area contributed by atoms with Gasteiger partial charge in [-0.15, -0.1) is 0 Å². The predicted molar refractivity (Wildman–Crippen MR) is 74.5 cm³/mol. The van der Waals surface area contributed by atoms with Gasteiger partial charge < -0.3 is 15.6 Å². The van der Waals surface area contributed by atoms with Crippen molar-refractivity contribution in [1.82, 2.24) is 0 Å². The SMILES string of the molecule is CCOC(=O)C(CC)(CN)Cc1ccc(CO)cc1. The molecule has 3 N–H and O–H groups in total. The Kier molecular flexibility index (Phi) is 5.99. The van der Waals surface area contributed by atoms with Gasteiger partial charge in [0, 0.05) is 6.54 Å². The van der Waals surface area contributed by atoms with Crippen molar-refractivity contribution < 1.29 is 14.6 Å². The Morgan fingerprint density at radius 2 is 1.84 bits per heavy atom. The van der Waals surface area contributed by atoms with E-state index in [1.807, 2.05) is 31.2 Å². The number of esters is 1. The van der Waals surface area contributed by atoms with E-state index in [0.717, 1.165) is 11.1 Å². The summed E-state index contributed by atoms with van der Waals surface area (Å²) in [6.45, 7) is 4.40. The summed E-state index contributed by atoms with van der Waals surface area (Å²) in [7, 11) is 0. The van der Waals surface area contributed by atoms with Gasteiger partial charge in [0.2, 0.25) is 0 Å². The Morgan fingerprint density at radius 1 is 1.26 bits per heavy atom. The Balaban J connectivity index is 2.90. The molecule has 0 radical (unpaired) electrons. The van der Waals surface area contributed by atoms with E-state index in [2.05, 4.69) is 0 Å². The minimum atomic E-state index is -0.656.